The molecule has 0 radical (unpaired) electrons. The molecule has 4 rings (SSSR count). The van der Waals surface area contributed by atoms with Crippen molar-refractivity contribution in [2.24, 2.45) is 11.1 Å². The second kappa shape index (κ2) is 7.52. The predicted octanol–water partition coefficient (Wildman–Crippen LogP) is 1.97. The van der Waals surface area contributed by atoms with Crippen molar-refractivity contribution in [2.45, 2.75) is 37.8 Å². The first-order valence-electron chi connectivity index (χ1n) is 9.39. The summed E-state index contributed by atoms with van der Waals surface area (Å²) in [5, 5.41) is 16.1. The summed E-state index contributed by atoms with van der Waals surface area (Å²) in [5.74, 6) is 0.200. The van der Waals surface area contributed by atoms with Crippen molar-refractivity contribution in [3.05, 3.63) is 36.1 Å². The lowest BCUT2D eigenvalue weighted by Gasteiger charge is -2.27. The van der Waals surface area contributed by atoms with Gasteiger partial charge in [-0.3, -0.25) is 9.59 Å². The Balaban J connectivity index is 1.47. The van der Waals surface area contributed by atoms with Crippen LogP contribution in [-0.4, -0.2) is 53.2 Å². The van der Waals surface area contributed by atoms with E-state index in [9.17, 15) is 9.59 Å². The fraction of sp³-hybridized carbons (Fsp3) is 0.450. The lowest BCUT2D eigenvalue weighted by Crippen LogP contribution is -2.50. The van der Waals surface area contributed by atoms with Gasteiger partial charge in [-0.15, -0.1) is 0 Å². The summed E-state index contributed by atoms with van der Waals surface area (Å²) < 4.78 is 5.76. The number of carbonyl (C=O) groups is 2. The van der Waals surface area contributed by atoms with Crippen LogP contribution in [0.15, 0.2) is 39.9 Å². The number of nitrogens with zero attached hydrogens (tertiary/aromatic N) is 2. The molecule has 2 fully saturated rings. The minimum atomic E-state index is -0.519. The molecule has 2 aliphatic heterocycles. The number of likely N-dealkylation sites (tertiary alicyclic amines) is 1. The topological polar surface area (TPSA) is 95.1 Å². The third kappa shape index (κ3) is 3.47. The molecule has 0 saturated carbocycles. The van der Waals surface area contributed by atoms with Crippen molar-refractivity contribution in [1.29, 1.82) is 0 Å². The molecule has 7 nitrogen and oxygen atoms in total. The quantitative estimate of drug-likeness (QED) is 0.477. The Labute approximate surface area is 157 Å². The van der Waals surface area contributed by atoms with Crippen molar-refractivity contribution in [3.8, 4) is 0 Å². The highest BCUT2D eigenvalue weighted by molar-refractivity contribution is 5.94. The van der Waals surface area contributed by atoms with Gasteiger partial charge in [-0.1, -0.05) is 23.4 Å². The molecule has 142 valence electrons. The molecule has 3 atom stereocenters. The molecule has 0 spiro atoms. The number of nitrogens with one attached hydrogen (secondary N) is 1. The van der Waals surface area contributed by atoms with Crippen LogP contribution in [0.25, 0.3) is 11.0 Å². The van der Waals surface area contributed by atoms with E-state index >= 15 is 0 Å². The van der Waals surface area contributed by atoms with Crippen LogP contribution in [-0.2, 0) is 16.0 Å². The maximum Gasteiger partial charge on any atom is 0.241 e. The summed E-state index contributed by atoms with van der Waals surface area (Å²) >= 11 is 0. The van der Waals surface area contributed by atoms with Crippen LogP contribution in [0.4, 0.5) is 0 Å². The summed E-state index contributed by atoms with van der Waals surface area (Å²) in [5.41, 5.74) is 0.765. The highest BCUT2D eigenvalue weighted by Crippen LogP contribution is 2.26. The number of para-hydroxylation sites is 1. The summed E-state index contributed by atoms with van der Waals surface area (Å²) in [7, 11) is 0. The number of furan rings is 1. The van der Waals surface area contributed by atoms with E-state index in [1.807, 2.05) is 30.3 Å². The summed E-state index contributed by atoms with van der Waals surface area (Å²) in [6, 6.07) is 8.83. The van der Waals surface area contributed by atoms with E-state index < -0.39 is 6.04 Å². The minimum absolute atomic E-state index is 0.0176. The molecule has 7 heteroatoms. The van der Waals surface area contributed by atoms with Crippen LogP contribution < -0.4 is 5.32 Å². The van der Waals surface area contributed by atoms with Gasteiger partial charge in [-0.2, -0.15) is 0 Å². The summed E-state index contributed by atoms with van der Waals surface area (Å²) in [6.07, 6.45) is 3.87. The number of amides is 1. The standard InChI is InChI=1S/C20H23N3O4/c24-17(11-15-10-13-4-1-2-6-18(13)27-15)16-7-8-21-19(16)20(25)23-9-3-5-14(23)12-22-26/h1-2,4,6,10,12,14,16,19,21,26H,3,5,7-9,11H2/t14-,16?,19+/m0/s1. The molecule has 1 aromatic heterocycles. The molecular weight excluding hydrogens is 346 g/mol. The largest absolute Gasteiger partial charge is 0.461 e. The fourth-order valence-electron chi connectivity index (χ4n) is 4.21. The smallest absolute Gasteiger partial charge is 0.241 e. The molecule has 2 N–H and O–H groups in total. The number of hydrogen-bond acceptors (Lipinski definition) is 6. The van der Waals surface area contributed by atoms with Gasteiger partial charge in [0.15, 0.2) is 0 Å². The van der Waals surface area contributed by atoms with E-state index in [-0.39, 0.29) is 30.1 Å². The first-order valence-corrected chi connectivity index (χ1v) is 9.39. The Bertz CT molecular complexity index is 842. The molecule has 3 heterocycles. The molecule has 0 aliphatic carbocycles. The van der Waals surface area contributed by atoms with E-state index in [1.165, 1.54) is 6.21 Å². The first kappa shape index (κ1) is 17.7. The van der Waals surface area contributed by atoms with Crippen LogP contribution in [0, 0.1) is 5.92 Å². The number of fused-ring (bicyclic) bond motifs is 1. The Kier molecular flexibility index (Phi) is 4.94. The second-order valence-corrected chi connectivity index (χ2v) is 7.23. The minimum Gasteiger partial charge on any atom is -0.461 e. The molecule has 27 heavy (non-hydrogen) atoms. The van der Waals surface area contributed by atoms with Crippen molar-refractivity contribution >= 4 is 28.9 Å². The zero-order valence-corrected chi connectivity index (χ0v) is 15.0. The van der Waals surface area contributed by atoms with Gasteiger partial charge in [-0.25, -0.2) is 0 Å². The average molecular weight is 369 g/mol. The van der Waals surface area contributed by atoms with Crippen molar-refractivity contribution < 1.29 is 19.2 Å². The highest BCUT2D eigenvalue weighted by Gasteiger charge is 2.41. The van der Waals surface area contributed by atoms with Gasteiger partial charge in [0.2, 0.25) is 5.91 Å². The van der Waals surface area contributed by atoms with Crippen LogP contribution in [0.2, 0.25) is 0 Å². The third-order valence-corrected chi connectivity index (χ3v) is 5.55. The SMILES string of the molecule is O=C(Cc1cc2ccccc2o1)C1CCN[C@H]1C(=O)N1CCC[C@H]1C=NO. The van der Waals surface area contributed by atoms with Gasteiger partial charge in [0.05, 0.1) is 24.7 Å². The number of carbonyl (C=O) groups excluding carboxylic acids is 2. The summed E-state index contributed by atoms with van der Waals surface area (Å²) in [4.78, 5) is 27.6. The molecule has 1 amide bonds. The molecular formula is C20H23N3O4. The maximum absolute atomic E-state index is 13.0. The Morgan fingerprint density at radius 2 is 2.19 bits per heavy atom. The Morgan fingerprint density at radius 1 is 1.33 bits per heavy atom. The third-order valence-electron chi connectivity index (χ3n) is 5.55. The normalized spacial score (nSPS) is 25.6. The molecule has 1 unspecified atom stereocenters. The summed E-state index contributed by atoms with van der Waals surface area (Å²) in [6.45, 7) is 1.26. The number of hydrogen-bond donors (Lipinski definition) is 2. The molecule has 2 aromatic rings. The average Bonchev–Trinajstić information content (AvgIpc) is 3.40. The van der Waals surface area contributed by atoms with Crippen LogP contribution in [0.5, 0.6) is 0 Å². The van der Waals surface area contributed by atoms with Crippen LogP contribution in [0.3, 0.4) is 0 Å². The van der Waals surface area contributed by atoms with Gasteiger partial charge >= 0.3 is 0 Å². The maximum atomic E-state index is 13.0. The van der Waals surface area contributed by atoms with E-state index in [2.05, 4.69) is 10.5 Å². The number of ketones is 1. The fourth-order valence-corrected chi connectivity index (χ4v) is 4.21. The van der Waals surface area contributed by atoms with Gasteiger partial charge in [0.25, 0.3) is 0 Å². The second-order valence-electron chi connectivity index (χ2n) is 7.23. The van der Waals surface area contributed by atoms with Gasteiger partial charge in [0, 0.05) is 17.8 Å². The van der Waals surface area contributed by atoms with E-state index in [1.54, 1.807) is 4.90 Å². The predicted molar refractivity (Wildman–Crippen MR) is 99.8 cm³/mol. The highest BCUT2D eigenvalue weighted by atomic mass is 16.4. The molecule has 1 aromatic carbocycles. The molecule has 0 bridgehead atoms. The Hall–Kier alpha value is -2.67. The van der Waals surface area contributed by atoms with Gasteiger partial charge in [0.1, 0.15) is 17.1 Å². The van der Waals surface area contributed by atoms with Crippen molar-refractivity contribution in [3.63, 3.8) is 0 Å². The van der Waals surface area contributed by atoms with Gasteiger partial charge < -0.3 is 19.8 Å². The lowest BCUT2D eigenvalue weighted by molar-refractivity contribution is -0.137. The zero-order valence-electron chi connectivity index (χ0n) is 15.0. The number of oxime groups is 1. The van der Waals surface area contributed by atoms with Crippen molar-refractivity contribution in [1.82, 2.24) is 10.2 Å². The lowest BCUT2D eigenvalue weighted by atomic mass is 9.92. The number of Topliss-reactive ketones (excluding diaryl/α,β-unsaturated/α-hetero) is 1. The van der Waals surface area contributed by atoms with E-state index in [0.29, 0.717) is 25.3 Å². The number of rotatable bonds is 5. The monoisotopic (exact) mass is 369 g/mol. The number of benzene rings is 1. The van der Waals surface area contributed by atoms with E-state index in [0.717, 1.165) is 23.8 Å². The molecule has 2 aliphatic rings. The van der Waals surface area contributed by atoms with Crippen LogP contribution in [0.1, 0.15) is 25.0 Å². The van der Waals surface area contributed by atoms with Crippen LogP contribution >= 0.6 is 0 Å². The Morgan fingerprint density at radius 3 is 3.00 bits per heavy atom. The van der Waals surface area contributed by atoms with Crippen molar-refractivity contribution in [2.75, 3.05) is 13.1 Å². The first-order chi connectivity index (χ1) is 13.2. The van der Waals surface area contributed by atoms with E-state index in [4.69, 9.17) is 9.62 Å². The zero-order chi connectivity index (χ0) is 18.8. The molecule has 2 saturated heterocycles. The van der Waals surface area contributed by atoms with Gasteiger partial charge in [-0.05, 0) is 37.9 Å².